The minimum Gasteiger partial charge on any atom is -0.497 e. The van der Waals surface area contributed by atoms with E-state index in [1.165, 1.54) is 6.92 Å². The summed E-state index contributed by atoms with van der Waals surface area (Å²) in [5, 5.41) is 6.98. The average Bonchev–Trinajstić information content (AvgIpc) is 3.39. The molecule has 0 radical (unpaired) electrons. The lowest BCUT2D eigenvalue weighted by Crippen LogP contribution is -2.29. The Morgan fingerprint density at radius 3 is 2.35 bits per heavy atom. The predicted octanol–water partition coefficient (Wildman–Crippen LogP) is 5.63. The SMILES string of the molecule is COc1ccc(-n2c(C)cc(C3C(c4ccccn4)NC(=S)N3c3ccc(NC(C)=O)cc3)c2C)cc1. The summed E-state index contributed by atoms with van der Waals surface area (Å²) in [5.74, 6) is 0.714. The molecule has 2 N–H and O–H groups in total. The van der Waals surface area contributed by atoms with Crippen molar-refractivity contribution in [3.05, 3.63) is 102 Å². The number of amides is 1. The van der Waals surface area contributed by atoms with E-state index in [0.717, 1.165) is 45.5 Å². The van der Waals surface area contributed by atoms with Crippen molar-refractivity contribution in [1.82, 2.24) is 14.9 Å². The molecule has 37 heavy (non-hydrogen) atoms. The molecule has 1 amide bonds. The van der Waals surface area contributed by atoms with Gasteiger partial charge in [0, 0.05) is 41.6 Å². The van der Waals surface area contributed by atoms with Crippen LogP contribution in [0.3, 0.4) is 0 Å². The molecule has 2 aromatic heterocycles. The lowest BCUT2D eigenvalue weighted by molar-refractivity contribution is -0.114. The van der Waals surface area contributed by atoms with Crippen molar-refractivity contribution in [1.29, 1.82) is 0 Å². The van der Waals surface area contributed by atoms with Crippen LogP contribution in [0.15, 0.2) is 79.0 Å². The summed E-state index contributed by atoms with van der Waals surface area (Å²) in [5.41, 5.74) is 7.06. The number of nitrogens with zero attached hydrogens (tertiary/aromatic N) is 3. The lowest BCUT2D eigenvalue weighted by atomic mass is 9.96. The number of methoxy groups -OCH3 is 1. The summed E-state index contributed by atoms with van der Waals surface area (Å²) in [6, 6.07) is 23.7. The normalized spacial score (nSPS) is 17.0. The second-order valence-corrected chi connectivity index (χ2v) is 9.47. The van der Waals surface area contributed by atoms with E-state index in [1.54, 1.807) is 7.11 Å². The van der Waals surface area contributed by atoms with E-state index < -0.39 is 0 Å². The number of nitrogens with one attached hydrogen (secondary N) is 2. The fourth-order valence-electron chi connectivity index (χ4n) is 5.07. The van der Waals surface area contributed by atoms with Crippen LogP contribution < -0.4 is 20.3 Å². The van der Waals surface area contributed by atoms with Crippen LogP contribution in [0.5, 0.6) is 5.75 Å². The van der Waals surface area contributed by atoms with Gasteiger partial charge >= 0.3 is 0 Å². The van der Waals surface area contributed by atoms with E-state index in [4.69, 9.17) is 17.0 Å². The van der Waals surface area contributed by atoms with Gasteiger partial charge in [-0.05, 0) is 98.4 Å². The molecule has 3 heterocycles. The zero-order valence-corrected chi connectivity index (χ0v) is 22.0. The zero-order valence-electron chi connectivity index (χ0n) is 21.2. The highest BCUT2D eigenvalue weighted by Gasteiger charge is 2.42. The first-order valence-electron chi connectivity index (χ1n) is 12.1. The summed E-state index contributed by atoms with van der Waals surface area (Å²) in [6.45, 7) is 5.75. The van der Waals surface area contributed by atoms with Gasteiger partial charge in [0.2, 0.25) is 5.91 Å². The molecule has 7 nitrogen and oxygen atoms in total. The second-order valence-electron chi connectivity index (χ2n) is 9.08. The van der Waals surface area contributed by atoms with Gasteiger partial charge < -0.3 is 24.8 Å². The Balaban J connectivity index is 1.61. The molecule has 2 unspecified atom stereocenters. The third kappa shape index (κ3) is 4.68. The highest BCUT2D eigenvalue weighted by atomic mass is 32.1. The molecule has 0 aliphatic carbocycles. The Kier molecular flexibility index (Phi) is 6.67. The van der Waals surface area contributed by atoms with Gasteiger partial charge in [-0.25, -0.2) is 0 Å². The molecule has 2 aromatic carbocycles. The van der Waals surface area contributed by atoms with Gasteiger partial charge in [-0.15, -0.1) is 0 Å². The van der Waals surface area contributed by atoms with Crippen LogP contribution in [0.1, 0.15) is 41.7 Å². The predicted molar refractivity (Wildman–Crippen MR) is 150 cm³/mol. The van der Waals surface area contributed by atoms with E-state index in [1.807, 2.05) is 60.8 Å². The van der Waals surface area contributed by atoms with Crippen LogP contribution in [0.25, 0.3) is 5.69 Å². The molecule has 0 spiro atoms. The lowest BCUT2D eigenvalue weighted by Gasteiger charge is -2.28. The Hall–Kier alpha value is -4.17. The smallest absolute Gasteiger partial charge is 0.221 e. The monoisotopic (exact) mass is 511 g/mol. The summed E-state index contributed by atoms with van der Waals surface area (Å²) in [6.07, 6.45) is 1.81. The van der Waals surface area contributed by atoms with Crippen molar-refractivity contribution in [2.75, 3.05) is 17.3 Å². The summed E-state index contributed by atoms with van der Waals surface area (Å²) < 4.78 is 7.60. The Bertz CT molecular complexity index is 1430. The molecule has 4 aromatic rings. The maximum Gasteiger partial charge on any atom is 0.221 e. The quantitative estimate of drug-likeness (QED) is 0.327. The van der Waals surface area contributed by atoms with Gasteiger partial charge in [0.25, 0.3) is 0 Å². The Morgan fingerprint density at radius 2 is 1.73 bits per heavy atom. The molecule has 1 aliphatic heterocycles. The summed E-state index contributed by atoms with van der Waals surface area (Å²) in [4.78, 5) is 18.3. The number of thiocarbonyl (C=S) groups is 1. The first-order valence-corrected chi connectivity index (χ1v) is 12.5. The van der Waals surface area contributed by atoms with Gasteiger partial charge in [-0.2, -0.15) is 0 Å². The molecule has 0 saturated carbocycles. The fourth-order valence-corrected chi connectivity index (χ4v) is 5.42. The van der Waals surface area contributed by atoms with Crippen LogP contribution in [0.4, 0.5) is 11.4 Å². The third-order valence-corrected chi connectivity index (χ3v) is 7.00. The van der Waals surface area contributed by atoms with Crippen LogP contribution in [-0.2, 0) is 4.79 Å². The number of hydrogen-bond acceptors (Lipinski definition) is 4. The third-order valence-electron chi connectivity index (χ3n) is 6.68. The molecule has 2 atom stereocenters. The maximum absolute atomic E-state index is 11.5. The van der Waals surface area contributed by atoms with Crippen molar-refractivity contribution in [3.8, 4) is 11.4 Å². The minimum absolute atomic E-state index is 0.106. The molecule has 1 aliphatic rings. The molecule has 188 valence electrons. The molecular formula is C29H29N5O2S. The van der Waals surface area contributed by atoms with Crippen molar-refractivity contribution < 1.29 is 9.53 Å². The topological polar surface area (TPSA) is 71.4 Å². The van der Waals surface area contributed by atoms with Gasteiger partial charge in [-0.1, -0.05) is 6.07 Å². The standard InChI is InChI=1S/C29H29N5O2S/c1-18-17-25(19(2)33(18)22-12-14-24(36-4)15-13-22)28-27(26-7-5-6-16-30-26)32-29(37)34(28)23-10-8-21(9-11-23)31-20(3)35/h5-17,27-28H,1-4H3,(H,31,35)(H,32,37). The maximum atomic E-state index is 11.5. The van der Waals surface area contributed by atoms with Gasteiger partial charge in [0.1, 0.15) is 5.75 Å². The Labute approximate surface area is 222 Å². The Morgan fingerprint density at radius 1 is 1.03 bits per heavy atom. The van der Waals surface area contributed by atoms with Crippen LogP contribution >= 0.6 is 12.2 Å². The molecule has 5 rings (SSSR count). The first-order chi connectivity index (χ1) is 17.9. The highest BCUT2D eigenvalue weighted by molar-refractivity contribution is 7.80. The van der Waals surface area contributed by atoms with Crippen LogP contribution in [-0.4, -0.2) is 27.7 Å². The number of carbonyl (C=O) groups is 1. The van der Waals surface area contributed by atoms with Crippen LogP contribution in [0, 0.1) is 13.8 Å². The number of pyridine rings is 1. The molecule has 1 saturated heterocycles. The van der Waals surface area contributed by atoms with Gasteiger partial charge in [-0.3, -0.25) is 9.78 Å². The van der Waals surface area contributed by atoms with Gasteiger partial charge in [0.05, 0.1) is 24.9 Å². The number of hydrogen-bond donors (Lipinski definition) is 2. The van der Waals surface area contributed by atoms with Crippen molar-refractivity contribution in [2.24, 2.45) is 0 Å². The number of aromatic nitrogens is 2. The zero-order chi connectivity index (χ0) is 26.1. The molecule has 1 fully saturated rings. The number of aryl methyl sites for hydroxylation is 1. The van der Waals surface area contributed by atoms with Crippen LogP contribution in [0.2, 0.25) is 0 Å². The minimum atomic E-state index is -0.145. The highest BCUT2D eigenvalue weighted by Crippen LogP contribution is 2.44. The second kappa shape index (κ2) is 10.1. The molecule has 8 heteroatoms. The fraction of sp³-hybridized carbons (Fsp3) is 0.207. The van der Waals surface area contributed by atoms with E-state index in [2.05, 4.69) is 57.1 Å². The average molecular weight is 512 g/mol. The van der Waals surface area contributed by atoms with E-state index in [9.17, 15) is 4.79 Å². The number of rotatable bonds is 6. The number of carbonyl (C=O) groups excluding carboxylic acids is 1. The number of benzene rings is 2. The van der Waals surface area contributed by atoms with E-state index in [-0.39, 0.29) is 18.0 Å². The van der Waals surface area contributed by atoms with Crippen molar-refractivity contribution in [2.45, 2.75) is 32.9 Å². The largest absolute Gasteiger partial charge is 0.497 e. The van der Waals surface area contributed by atoms with E-state index >= 15 is 0 Å². The summed E-state index contributed by atoms with van der Waals surface area (Å²) >= 11 is 5.88. The molecular weight excluding hydrogens is 482 g/mol. The summed E-state index contributed by atoms with van der Waals surface area (Å²) in [7, 11) is 1.67. The molecule has 0 bridgehead atoms. The first kappa shape index (κ1) is 24.5. The van der Waals surface area contributed by atoms with Crippen molar-refractivity contribution >= 4 is 34.6 Å². The van der Waals surface area contributed by atoms with Crippen molar-refractivity contribution in [3.63, 3.8) is 0 Å². The van der Waals surface area contributed by atoms with E-state index in [0.29, 0.717) is 5.11 Å². The number of ether oxygens (including phenoxy) is 1. The number of anilines is 2. The van der Waals surface area contributed by atoms with Gasteiger partial charge in [0.15, 0.2) is 5.11 Å².